The molecule has 1 aliphatic carbocycles. The summed E-state index contributed by atoms with van der Waals surface area (Å²) in [6.07, 6.45) is 2.26. The maximum absolute atomic E-state index is 13.1. The van der Waals surface area contributed by atoms with Crippen molar-refractivity contribution >= 4 is 17.7 Å². The maximum Gasteiger partial charge on any atom is 0.410 e. The highest BCUT2D eigenvalue weighted by atomic mass is 35.5. The molecule has 168 valence electrons. The van der Waals surface area contributed by atoms with Crippen LogP contribution in [-0.2, 0) is 4.74 Å². The van der Waals surface area contributed by atoms with Gasteiger partial charge in [0.15, 0.2) is 0 Å². The van der Waals surface area contributed by atoms with Crippen molar-refractivity contribution in [2.24, 2.45) is 0 Å². The summed E-state index contributed by atoms with van der Waals surface area (Å²) < 4.78 is 5.68. The predicted octanol–water partition coefficient (Wildman–Crippen LogP) is 6.04. The minimum Gasteiger partial charge on any atom is -0.508 e. The first-order chi connectivity index (χ1) is 14.6. The van der Waals surface area contributed by atoms with Crippen molar-refractivity contribution in [1.82, 2.24) is 4.90 Å². The Balaban J connectivity index is 1.81. The molecule has 1 fully saturated rings. The molecule has 2 aromatic rings. The molecular formula is C25H32ClNO4. The molecule has 1 aliphatic rings. The van der Waals surface area contributed by atoms with E-state index in [9.17, 15) is 15.0 Å². The number of aliphatic hydroxyl groups excluding tert-OH is 1. The number of ether oxygens (including phenoxy) is 1. The van der Waals surface area contributed by atoms with Gasteiger partial charge in [0.1, 0.15) is 11.4 Å². The van der Waals surface area contributed by atoms with Crippen molar-refractivity contribution in [2.45, 2.75) is 70.1 Å². The minimum atomic E-state index is -0.868. The number of amides is 1. The molecule has 3 unspecified atom stereocenters. The Labute approximate surface area is 189 Å². The van der Waals surface area contributed by atoms with Gasteiger partial charge in [0.2, 0.25) is 0 Å². The third-order valence-corrected chi connectivity index (χ3v) is 5.90. The lowest BCUT2D eigenvalue weighted by Gasteiger charge is -2.39. The lowest BCUT2D eigenvalue weighted by Crippen LogP contribution is -2.47. The minimum absolute atomic E-state index is 0.0650. The van der Waals surface area contributed by atoms with Crippen molar-refractivity contribution < 1.29 is 19.7 Å². The molecule has 0 aliphatic heterocycles. The molecule has 0 spiro atoms. The van der Waals surface area contributed by atoms with Crippen LogP contribution in [0, 0.1) is 0 Å². The van der Waals surface area contributed by atoms with Gasteiger partial charge in [-0.2, -0.15) is 0 Å². The first-order valence-electron chi connectivity index (χ1n) is 10.8. The molecule has 0 radical (unpaired) electrons. The fourth-order valence-corrected chi connectivity index (χ4v) is 4.43. The Hall–Kier alpha value is -2.24. The van der Waals surface area contributed by atoms with Crippen molar-refractivity contribution in [3.8, 4) is 5.75 Å². The molecule has 5 nitrogen and oxygen atoms in total. The van der Waals surface area contributed by atoms with Gasteiger partial charge in [0, 0.05) is 11.1 Å². The number of aromatic hydroxyl groups is 1. The quantitative estimate of drug-likeness (QED) is 0.588. The van der Waals surface area contributed by atoms with E-state index in [1.165, 1.54) is 0 Å². The third-order valence-electron chi connectivity index (χ3n) is 5.66. The van der Waals surface area contributed by atoms with Crippen LogP contribution < -0.4 is 0 Å². The zero-order valence-electron chi connectivity index (χ0n) is 18.4. The van der Waals surface area contributed by atoms with Gasteiger partial charge in [-0.15, -0.1) is 0 Å². The van der Waals surface area contributed by atoms with Crippen molar-refractivity contribution in [2.75, 3.05) is 6.54 Å². The molecule has 2 aromatic carbocycles. The first kappa shape index (κ1) is 23.4. The van der Waals surface area contributed by atoms with E-state index >= 15 is 0 Å². The van der Waals surface area contributed by atoms with E-state index < -0.39 is 17.8 Å². The van der Waals surface area contributed by atoms with Crippen molar-refractivity contribution in [3.63, 3.8) is 0 Å². The monoisotopic (exact) mass is 445 g/mol. The van der Waals surface area contributed by atoms with Crippen LogP contribution >= 0.6 is 11.6 Å². The van der Waals surface area contributed by atoms with Gasteiger partial charge >= 0.3 is 6.09 Å². The Morgan fingerprint density at radius 1 is 1.19 bits per heavy atom. The maximum atomic E-state index is 13.1. The second kappa shape index (κ2) is 9.92. The number of hydrogen-bond acceptors (Lipinski definition) is 4. The number of phenols is 1. The van der Waals surface area contributed by atoms with E-state index in [0.29, 0.717) is 10.6 Å². The van der Waals surface area contributed by atoms with E-state index in [4.69, 9.17) is 16.3 Å². The Morgan fingerprint density at radius 2 is 1.94 bits per heavy atom. The highest BCUT2D eigenvalue weighted by molar-refractivity contribution is 6.30. The fraction of sp³-hybridized carbons (Fsp3) is 0.480. The normalized spacial score (nSPS) is 20.2. The summed E-state index contributed by atoms with van der Waals surface area (Å²) in [5.74, 6) is 0.485. The van der Waals surface area contributed by atoms with Crippen LogP contribution in [0.5, 0.6) is 5.75 Å². The Morgan fingerprint density at radius 3 is 2.61 bits per heavy atom. The SMILES string of the molecule is CC(C)(C)OC(=O)N(CC(O)c1cccc(Cl)c1)C1CCCC(c2cccc(O)c2)C1. The lowest BCUT2D eigenvalue weighted by atomic mass is 9.80. The number of aliphatic hydroxyl groups is 1. The van der Waals surface area contributed by atoms with Crippen LogP contribution in [0.15, 0.2) is 48.5 Å². The smallest absolute Gasteiger partial charge is 0.410 e. The summed E-state index contributed by atoms with van der Waals surface area (Å²) in [6.45, 7) is 5.65. The van der Waals surface area contributed by atoms with Crippen LogP contribution in [0.4, 0.5) is 4.79 Å². The summed E-state index contributed by atoms with van der Waals surface area (Å²) in [4.78, 5) is 14.8. The zero-order chi connectivity index (χ0) is 22.6. The van der Waals surface area contributed by atoms with Crippen LogP contribution in [0.1, 0.15) is 69.6 Å². The van der Waals surface area contributed by atoms with E-state index in [0.717, 1.165) is 31.2 Å². The van der Waals surface area contributed by atoms with Crippen molar-refractivity contribution in [1.29, 1.82) is 0 Å². The first-order valence-corrected chi connectivity index (χ1v) is 11.2. The Kier molecular flexibility index (Phi) is 7.50. The van der Waals surface area contributed by atoms with Crippen LogP contribution in [0.3, 0.4) is 0 Å². The van der Waals surface area contributed by atoms with E-state index in [2.05, 4.69) is 0 Å². The highest BCUT2D eigenvalue weighted by Crippen LogP contribution is 2.37. The highest BCUT2D eigenvalue weighted by Gasteiger charge is 2.34. The average Bonchev–Trinajstić information content (AvgIpc) is 2.70. The third kappa shape index (κ3) is 6.62. The summed E-state index contributed by atoms with van der Waals surface area (Å²) in [6, 6.07) is 14.3. The van der Waals surface area contributed by atoms with Gasteiger partial charge in [-0.1, -0.05) is 42.3 Å². The van der Waals surface area contributed by atoms with Crippen molar-refractivity contribution in [3.05, 3.63) is 64.7 Å². The molecule has 31 heavy (non-hydrogen) atoms. The number of rotatable bonds is 5. The summed E-state index contributed by atoms with van der Waals surface area (Å²) in [7, 11) is 0. The molecule has 1 amide bonds. The lowest BCUT2D eigenvalue weighted by molar-refractivity contribution is -0.00187. The summed E-state index contributed by atoms with van der Waals surface area (Å²) in [5, 5.41) is 21.3. The second-order valence-electron chi connectivity index (χ2n) is 9.32. The molecule has 1 saturated carbocycles. The molecule has 0 bridgehead atoms. The number of nitrogens with zero attached hydrogens (tertiary/aromatic N) is 1. The van der Waals surface area contributed by atoms with Gasteiger partial charge in [0.25, 0.3) is 0 Å². The molecule has 3 atom stereocenters. The van der Waals surface area contributed by atoms with Gasteiger partial charge in [0.05, 0.1) is 12.6 Å². The number of hydrogen-bond donors (Lipinski definition) is 2. The fourth-order valence-electron chi connectivity index (χ4n) is 4.23. The largest absolute Gasteiger partial charge is 0.508 e. The van der Waals surface area contributed by atoms with E-state index in [-0.39, 0.29) is 24.3 Å². The molecule has 2 N–H and O–H groups in total. The Bertz CT molecular complexity index is 895. The summed E-state index contributed by atoms with van der Waals surface area (Å²) >= 11 is 6.09. The van der Waals surface area contributed by atoms with Gasteiger partial charge in [-0.3, -0.25) is 0 Å². The van der Waals surface area contributed by atoms with E-state index in [1.54, 1.807) is 41.3 Å². The van der Waals surface area contributed by atoms with Gasteiger partial charge in [-0.05, 0) is 81.3 Å². The number of phenolic OH excluding ortho intramolecular Hbond substituents is 1. The number of carbonyl (C=O) groups excluding carboxylic acids is 1. The second-order valence-corrected chi connectivity index (χ2v) is 9.75. The van der Waals surface area contributed by atoms with Gasteiger partial charge < -0.3 is 19.8 Å². The standard InChI is InChI=1S/C25H32ClNO4/c1-25(2,3)31-24(30)27(16-23(29)19-9-4-10-20(26)13-19)21-11-5-7-17(14-21)18-8-6-12-22(28)15-18/h4,6,8-10,12-13,15,17,21,23,28-29H,5,7,11,14,16H2,1-3H3. The number of benzene rings is 2. The number of carbonyl (C=O) groups is 1. The molecule has 0 aromatic heterocycles. The topological polar surface area (TPSA) is 70.0 Å². The molecule has 3 rings (SSSR count). The molecule has 0 heterocycles. The molecule has 6 heteroatoms. The van der Waals surface area contributed by atoms with Crippen LogP contribution in [0.25, 0.3) is 0 Å². The molecular weight excluding hydrogens is 414 g/mol. The summed E-state index contributed by atoms with van der Waals surface area (Å²) in [5.41, 5.74) is 1.11. The van der Waals surface area contributed by atoms with Crippen LogP contribution in [-0.4, -0.2) is 39.4 Å². The van der Waals surface area contributed by atoms with Gasteiger partial charge in [-0.25, -0.2) is 4.79 Å². The van der Waals surface area contributed by atoms with E-state index in [1.807, 2.05) is 32.9 Å². The average molecular weight is 446 g/mol. The zero-order valence-corrected chi connectivity index (χ0v) is 19.2. The predicted molar refractivity (Wildman–Crippen MR) is 122 cm³/mol. The number of halogens is 1. The molecule has 0 saturated heterocycles. The van der Waals surface area contributed by atoms with Crippen LogP contribution in [0.2, 0.25) is 5.02 Å².